The van der Waals surface area contributed by atoms with Gasteiger partial charge in [-0.15, -0.1) is 11.3 Å². The molecule has 0 spiro atoms. The van der Waals surface area contributed by atoms with E-state index in [2.05, 4.69) is 40.3 Å². The van der Waals surface area contributed by atoms with Gasteiger partial charge in [0, 0.05) is 4.88 Å². The number of halogens is 1. The summed E-state index contributed by atoms with van der Waals surface area (Å²) < 4.78 is 1.24. The maximum Gasteiger partial charge on any atom is 0.0701 e. The highest BCUT2D eigenvalue weighted by molar-refractivity contribution is 9.11. The number of hydrogen-bond acceptors (Lipinski definition) is 2. The molecular weight excluding hydrogens is 234 g/mol. The van der Waals surface area contributed by atoms with Gasteiger partial charge in [0.25, 0.3) is 0 Å². The van der Waals surface area contributed by atoms with Gasteiger partial charge in [-0.1, -0.05) is 6.92 Å². The Kier molecular flexibility index (Phi) is 4.88. The minimum absolute atomic E-state index is 1.08. The van der Waals surface area contributed by atoms with Gasteiger partial charge in [-0.05, 0) is 54.0 Å². The zero-order valence-corrected chi connectivity index (χ0v) is 9.67. The first-order valence-electron chi connectivity index (χ1n) is 4.28. The molecule has 0 bridgehead atoms. The third-order valence-electron chi connectivity index (χ3n) is 1.66. The van der Waals surface area contributed by atoms with E-state index in [0.717, 1.165) is 13.1 Å². The largest absolute Gasteiger partial charge is 0.317 e. The molecule has 1 heterocycles. The van der Waals surface area contributed by atoms with Crippen LogP contribution in [0.5, 0.6) is 0 Å². The van der Waals surface area contributed by atoms with Crippen molar-refractivity contribution in [2.45, 2.75) is 19.8 Å². The van der Waals surface area contributed by atoms with Crippen molar-refractivity contribution in [1.82, 2.24) is 5.32 Å². The highest BCUT2D eigenvalue weighted by Crippen LogP contribution is 2.22. The summed E-state index contributed by atoms with van der Waals surface area (Å²) in [6.07, 6.45) is 2.43. The smallest absolute Gasteiger partial charge is 0.0701 e. The SMILES string of the molecule is CCNCCCc1ccc(Br)s1. The van der Waals surface area contributed by atoms with Crippen LogP contribution < -0.4 is 5.32 Å². The Balaban J connectivity index is 2.15. The molecule has 1 aromatic rings. The van der Waals surface area contributed by atoms with Crippen LogP contribution in [0.25, 0.3) is 0 Å². The van der Waals surface area contributed by atoms with Gasteiger partial charge in [-0.3, -0.25) is 0 Å². The van der Waals surface area contributed by atoms with Gasteiger partial charge in [0.2, 0.25) is 0 Å². The maximum absolute atomic E-state index is 3.46. The molecule has 0 saturated heterocycles. The Bertz CT molecular complexity index is 222. The van der Waals surface area contributed by atoms with Gasteiger partial charge < -0.3 is 5.32 Å². The van der Waals surface area contributed by atoms with Crippen molar-refractivity contribution in [2.24, 2.45) is 0 Å². The summed E-state index contributed by atoms with van der Waals surface area (Å²) in [4.78, 5) is 1.47. The molecule has 0 aliphatic heterocycles. The average molecular weight is 248 g/mol. The minimum atomic E-state index is 1.08. The number of hydrogen-bond donors (Lipinski definition) is 1. The summed E-state index contributed by atoms with van der Waals surface area (Å²) in [5.74, 6) is 0. The Morgan fingerprint density at radius 1 is 1.50 bits per heavy atom. The summed E-state index contributed by atoms with van der Waals surface area (Å²) in [5, 5.41) is 3.32. The van der Waals surface area contributed by atoms with Crippen LogP contribution >= 0.6 is 27.3 Å². The lowest BCUT2D eigenvalue weighted by molar-refractivity contribution is 0.675. The van der Waals surface area contributed by atoms with Crippen LogP contribution in [-0.4, -0.2) is 13.1 Å². The predicted molar refractivity (Wildman–Crippen MR) is 58.9 cm³/mol. The first kappa shape index (κ1) is 10.2. The highest BCUT2D eigenvalue weighted by atomic mass is 79.9. The lowest BCUT2D eigenvalue weighted by atomic mass is 10.2. The van der Waals surface area contributed by atoms with Crippen molar-refractivity contribution in [3.8, 4) is 0 Å². The van der Waals surface area contributed by atoms with E-state index in [9.17, 15) is 0 Å². The Morgan fingerprint density at radius 3 is 2.92 bits per heavy atom. The molecule has 1 aromatic heterocycles. The summed E-state index contributed by atoms with van der Waals surface area (Å²) >= 11 is 5.29. The maximum atomic E-state index is 3.46. The van der Waals surface area contributed by atoms with Crippen LogP contribution in [0.15, 0.2) is 15.9 Å². The normalized spacial score (nSPS) is 10.5. The van der Waals surface area contributed by atoms with Crippen LogP contribution in [0.3, 0.4) is 0 Å². The van der Waals surface area contributed by atoms with E-state index in [1.54, 1.807) is 0 Å². The van der Waals surface area contributed by atoms with Crippen LogP contribution in [0, 0.1) is 0 Å². The Morgan fingerprint density at radius 2 is 2.33 bits per heavy atom. The van der Waals surface area contributed by atoms with Crippen LogP contribution in [-0.2, 0) is 6.42 Å². The molecule has 1 N–H and O–H groups in total. The zero-order valence-electron chi connectivity index (χ0n) is 7.27. The van der Waals surface area contributed by atoms with Crippen molar-refractivity contribution in [1.29, 1.82) is 0 Å². The fraction of sp³-hybridized carbons (Fsp3) is 0.556. The molecule has 1 nitrogen and oxygen atoms in total. The molecule has 0 aromatic carbocycles. The molecule has 0 aliphatic rings. The van der Waals surface area contributed by atoms with Gasteiger partial charge in [0.15, 0.2) is 0 Å². The molecule has 0 fully saturated rings. The van der Waals surface area contributed by atoms with Gasteiger partial charge in [-0.2, -0.15) is 0 Å². The predicted octanol–water partition coefficient (Wildman–Crippen LogP) is 3.05. The van der Waals surface area contributed by atoms with Crippen molar-refractivity contribution < 1.29 is 0 Å². The topological polar surface area (TPSA) is 12.0 Å². The van der Waals surface area contributed by atoms with E-state index < -0.39 is 0 Å². The van der Waals surface area contributed by atoms with E-state index in [1.165, 1.54) is 21.5 Å². The lowest BCUT2D eigenvalue weighted by Gasteiger charge is -1.98. The zero-order chi connectivity index (χ0) is 8.81. The fourth-order valence-electron chi connectivity index (χ4n) is 1.05. The molecule has 12 heavy (non-hydrogen) atoms. The Hall–Kier alpha value is 0.140. The molecule has 0 aliphatic carbocycles. The molecule has 0 amide bonds. The molecule has 0 unspecified atom stereocenters. The van der Waals surface area contributed by atoms with E-state index in [1.807, 2.05) is 11.3 Å². The van der Waals surface area contributed by atoms with Crippen molar-refractivity contribution >= 4 is 27.3 Å². The molecule has 68 valence electrons. The second-order valence-corrected chi connectivity index (χ2v) is 5.21. The van der Waals surface area contributed by atoms with E-state index in [4.69, 9.17) is 0 Å². The molecule has 0 atom stereocenters. The summed E-state index contributed by atoms with van der Waals surface area (Å²) in [5.41, 5.74) is 0. The third kappa shape index (κ3) is 3.70. The second-order valence-electron chi connectivity index (χ2n) is 2.66. The van der Waals surface area contributed by atoms with Gasteiger partial charge in [0.05, 0.1) is 3.79 Å². The van der Waals surface area contributed by atoms with Gasteiger partial charge in [0.1, 0.15) is 0 Å². The monoisotopic (exact) mass is 247 g/mol. The third-order valence-corrected chi connectivity index (χ3v) is 3.34. The number of thiophene rings is 1. The molecule has 1 rings (SSSR count). The number of nitrogens with one attached hydrogen (secondary N) is 1. The first-order chi connectivity index (χ1) is 5.83. The molecule has 0 saturated carbocycles. The lowest BCUT2D eigenvalue weighted by Crippen LogP contribution is -2.14. The van der Waals surface area contributed by atoms with Crippen molar-refractivity contribution in [3.05, 3.63) is 20.8 Å². The minimum Gasteiger partial charge on any atom is -0.317 e. The summed E-state index contributed by atoms with van der Waals surface area (Å²) in [6.45, 7) is 4.35. The van der Waals surface area contributed by atoms with Crippen LogP contribution in [0.1, 0.15) is 18.2 Å². The average Bonchev–Trinajstić information content (AvgIpc) is 2.45. The van der Waals surface area contributed by atoms with Crippen molar-refractivity contribution in [2.75, 3.05) is 13.1 Å². The second kappa shape index (κ2) is 5.73. The number of rotatable bonds is 5. The molecule has 3 heteroatoms. The molecule has 0 radical (unpaired) electrons. The van der Waals surface area contributed by atoms with Crippen LogP contribution in [0.2, 0.25) is 0 Å². The first-order valence-corrected chi connectivity index (χ1v) is 5.89. The van der Waals surface area contributed by atoms with Gasteiger partial charge >= 0.3 is 0 Å². The summed E-state index contributed by atoms with van der Waals surface area (Å²) in [6, 6.07) is 4.31. The highest BCUT2D eigenvalue weighted by Gasteiger charge is 1.96. The Labute approximate surface area is 86.3 Å². The van der Waals surface area contributed by atoms with Crippen molar-refractivity contribution in [3.63, 3.8) is 0 Å². The van der Waals surface area contributed by atoms with E-state index in [0.29, 0.717) is 0 Å². The summed E-state index contributed by atoms with van der Waals surface area (Å²) in [7, 11) is 0. The number of aryl methyl sites for hydroxylation is 1. The van der Waals surface area contributed by atoms with E-state index >= 15 is 0 Å². The van der Waals surface area contributed by atoms with Crippen LogP contribution in [0.4, 0.5) is 0 Å². The molecular formula is C9H14BrNS. The standard InChI is InChI=1S/C9H14BrNS/c1-2-11-7-3-4-8-5-6-9(10)12-8/h5-6,11H,2-4,7H2,1H3. The van der Waals surface area contributed by atoms with Gasteiger partial charge in [-0.25, -0.2) is 0 Å². The van der Waals surface area contributed by atoms with E-state index in [-0.39, 0.29) is 0 Å². The quantitative estimate of drug-likeness (QED) is 0.790. The fourth-order valence-corrected chi connectivity index (χ4v) is 2.58.